The number of rotatable bonds is 12. The Balaban J connectivity index is 2.00. The highest BCUT2D eigenvalue weighted by Crippen LogP contribution is 2.22. The maximum absolute atomic E-state index is 12.4. The molecule has 2 rings (SSSR count). The summed E-state index contributed by atoms with van der Waals surface area (Å²) in [5, 5.41) is 2.74. The summed E-state index contributed by atoms with van der Waals surface area (Å²) in [6, 6.07) is 13.1. The van der Waals surface area contributed by atoms with Crippen molar-refractivity contribution in [1.29, 1.82) is 0 Å². The largest absolute Gasteiger partial charge is 0.494 e. The van der Waals surface area contributed by atoms with Crippen molar-refractivity contribution in [3.05, 3.63) is 54.1 Å². The van der Waals surface area contributed by atoms with E-state index in [1.165, 1.54) is 38.4 Å². The summed E-state index contributed by atoms with van der Waals surface area (Å²) < 4.78 is 56.6. The minimum Gasteiger partial charge on any atom is -0.494 e. The molecule has 0 saturated carbocycles. The van der Waals surface area contributed by atoms with Crippen molar-refractivity contribution in [2.24, 2.45) is 0 Å². The Morgan fingerprint density at radius 3 is 2.21 bits per heavy atom. The van der Waals surface area contributed by atoms with Crippen LogP contribution in [0.5, 0.6) is 5.75 Å². The lowest BCUT2D eigenvalue weighted by Crippen LogP contribution is -2.40. The van der Waals surface area contributed by atoms with Crippen LogP contribution in [0.25, 0.3) is 0 Å². The Hall–Kier alpha value is -2.63. The van der Waals surface area contributed by atoms with Crippen LogP contribution in [0, 0.1) is 0 Å². The van der Waals surface area contributed by atoms with Gasteiger partial charge in [-0.15, -0.1) is 0 Å². The number of aryl methyl sites for hydroxylation is 1. The van der Waals surface area contributed by atoms with Crippen molar-refractivity contribution >= 4 is 31.6 Å². The lowest BCUT2D eigenvalue weighted by atomic mass is 10.1. The van der Waals surface area contributed by atoms with Crippen LogP contribution >= 0.6 is 0 Å². The molecule has 0 unspecified atom stereocenters. The molecule has 0 heterocycles. The number of nitrogens with one attached hydrogen (secondary N) is 1. The van der Waals surface area contributed by atoms with Crippen molar-refractivity contribution in [3.63, 3.8) is 0 Å². The van der Waals surface area contributed by atoms with Gasteiger partial charge >= 0.3 is 0 Å². The van der Waals surface area contributed by atoms with E-state index >= 15 is 0 Å². The predicted octanol–water partition coefficient (Wildman–Crippen LogP) is 1.85. The average Bonchev–Trinajstić information content (AvgIpc) is 2.75. The molecule has 0 atom stereocenters. The number of anilines is 1. The smallest absolute Gasteiger partial charge is 0.242 e. The Kier molecular flexibility index (Phi) is 9.26. The zero-order valence-corrected chi connectivity index (χ0v) is 20.9. The Labute approximate surface area is 196 Å². The van der Waals surface area contributed by atoms with Crippen LogP contribution < -0.4 is 14.4 Å². The quantitative estimate of drug-likeness (QED) is 0.448. The van der Waals surface area contributed by atoms with Crippen molar-refractivity contribution in [2.75, 3.05) is 44.4 Å². The molecule has 0 aliphatic heterocycles. The SMILES string of the molecule is CCOc1ccccc1CCCNC(=O)CN(c1ccc(S(=O)(=O)N(C)C)cc1)S(C)(=O)=O. The topological polar surface area (TPSA) is 113 Å². The van der Waals surface area contributed by atoms with Crippen molar-refractivity contribution < 1.29 is 26.4 Å². The molecule has 0 fully saturated rings. The van der Waals surface area contributed by atoms with Crippen molar-refractivity contribution in [3.8, 4) is 5.75 Å². The van der Waals surface area contributed by atoms with Crippen LogP contribution in [0.4, 0.5) is 5.69 Å². The number of para-hydroxylation sites is 1. The van der Waals surface area contributed by atoms with Crippen LogP contribution in [-0.2, 0) is 31.3 Å². The molecule has 9 nitrogen and oxygen atoms in total. The molecule has 0 radical (unpaired) electrons. The van der Waals surface area contributed by atoms with Crippen LogP contribution in [0.15, 0.2) is 53.4 Å². The minimum atomic E-state index is -3.77. The standard InChI is InChI=1S/C22H31N3O6S2/c1-5-31-21-11-7-6-9-18(21)10-8-16-23-22(26)17-25(32(4,27)28)19-12-14-20(15-13-19)33(29,30)24(2)3/h6-7,9,11-15H,5,8,10,16-17H2,1-4H3,(H,23,26). The van der Waals surface area contributed by atoms with E-state index in [9.17, 15) is 21.6 Å². The van der Waals surface area contributed by atoms with E-state index in [4.69, 9.17) is 4.74 Å². The van der Waals surface area contributed by atoms with Gasteiger partial charge in [0.25, 0.3) is 0 Å². The second kappa shape index (κ2) is 11.5. The van der Waals surface area contributed by atoms with Gasteiger partial charge in [-0.25, -0.2) is 21.1 Å². The first-order valence-corrected chi connectivity index (χ1v) is 13.7. The van der Waals surface area contributed by atoms with Gasteiger partial charge in [-0.1, -0.05) is 18.2 Å². The zero-order valence-electron chi connectivity index (χ0n) is 19.3. The van der Waals surface area contributed by atoms with Crippen LogP contribution in [0.3, 0.4) is 0 Å². The second-order valence-corrected chi connectivity index (χ2v) is 11.6. The number of hydrogen-bond donors (Lipinski definition) is 1. The zero-order chi connectivity index (χ0) is 24.6. The number of carbonyl (C=O) groups excluding carboxylic acids is 1. The molecule has 11 heteroatoms. The number of carbonyl (C=O) groups is 1. The highest BCUT2D eigenvalue weighted by Gasteiger charge is 2.22. The molecule has 0 bridgehead atoms. The lowest BCUT2D eigenvalue weighted by molar-refractivity contribution is -0.119. The number of benzene rings is 2. The summed E-state index contributed by atoms with van der Waals surface area (Å²) >= 11 is 0. The number of amides is 1. The molecule has 33 heavy (non-hydrogen) atoms. The summed E-state index contributed by atoms with van der Waals surface area (Å²) in [6.45, 7) is 2.45. The summed E-state index contributed by atoms with van der Waals surface area (Å²) in [6.07, 6.45) is 2.36. The van der Waals surface area contributed by atoms with E-state index in [2.05, 4.69) is 5.32 Å². The maximum atomic E-state index is 12.4. The summed E-state index contributed by atoms with van der Waals surface area (Å²) in [4.78, 5) is 12.5. The molecule has 0 aliphatic rings. The highest BCUT2D eigenvalue weighted by atomic mass is 32.2. The van der Waals surface area contributed by atoms with E-state index in [0.717, 1.165) is 26.2 Å². The van der Waals surface area contributed by atoms with Crippen LogP contribution in [0.2, 0.25) is 0 Å². The van der Waals surface area contributed by atoms with E-state index < -0.39 is 32.5 Å². The predicted molar refractivity (Wildman–Crippen MR) is 128 cm³/mol. The molecule has 2 aromatic carbocycles. The lowest BCUT2D eigenvalue weighted by Gasteiger charge is -2.22. The summed E-state index contributed by atoms with van der Waals surface area (Å²) in [5.41, 5.74) is 1.25. The fraction of sp³-hybridized carbons (Fsp3) is 0.409. The molecule has 1 amide bonds. The molecule has 0 aromatic heterocycles. The second-order valence-electron chi connectivity index (χ2n) is 7.55. The van der Waals surface area contributed by atoms with Gasteiger partial charge in [-0.05, 0) is 55.7 Å². The molecule has 0 aliphatic carbocycles. The van der Waals surface area contributed by atoms with Gasteiger partial charge in [-0.3, -0.25) is 9.10 Å². The number of hydrogen-bond acceptors (Lipinski definition) is 6. The van der Waals surface area contributed by atoms with E-state index in [1.54, 1.807) is 0 Å². The van der Waals surface area contributed by atoms with Crippen LogP contribution in [-0.4, -0.2) is 67.1 Å². The highest BCUT2D eigenvalue weighted by molar-refractivity contribution is 7.92. The summed E-state index contributed by atoms with van der Waals surface area (Å²) in [5.74, 6) is 0.359. The monoisotopic (exact) mass is 497 g/mol. The Morgan fingerprint density at radius 1 is 1.00 bits per heavy atom. The first kappa shape index (κ1) is 26.6. The van der Waals surface area contributed by atoms with Crippen LogP contribution in [0.1, 0.15) is 18.9 Å². The fourth-order valence-electron chi connectivity index (χ4n) is 3.09. The molecule has 0 spiro atoms. The average molecular weight is 498 g/mol. The third-order valence-corrected chi connectivity index (χ3v) is 7.78. The third-order valence-electron chi connectivity index (χ3n) is 4.81. The fourth-order valence-corrected chi connectivity index (χ4v) is 4.85. The maximum Gasteiger partial charge on any atom is 0.242 e. The first-order chi connectivity index (χ1) is 15.5. The minimum absolute atomic E-state index is 0.0292. The van der Waals surface area contributed by atoms with Gasteiger partial charge < -0.3 is 10.1 Å². The van der Waals surface area contributed by atoms with Gasteiger partial charge in [0.1, 0.15) is 12.3 Å². The first-order valence-electron chi connectivity index (χ1n) is 10.4. The molecule has 182 valence electrons. The molecular weight excluding hydrogens is 466 g/mol. The van der Waals surface area contributed by atoms with Gasteiger partial charge in [0.2, 0.25) is 26.0 Å². The number of nitrogens with zero attached hydrogens (tertiary/aromatic N) is 2. The van der Waals surface area contributed by atoms with Gasteiger partial charge in [-0.2, -0.15) is 0 Å². The van der Waals surface area contributed by atoms with Gasteiger partial charge in [0, 0.05) is 20.6 Å². The molecular formula is C22H31N3O6S2. The normalized spacial score (nSPS) is 11.9. The molecule has 2 aromatic rings. The molecule has 1 N–H and O–H groups in total. The number of ether oxygens (including phenoxy) is 1. The van der Waals surface area contributed by atoms with E-state index in [-0.39, 0.29) is 10.6 Å². The van der Waals surface area contributed by atoms with E-state index in [0.29, 0.717) is 26.0 Å². The van der Waals surface area contributed by atoms with Crippen molar-refractivity contribution in [1.82, 2.24) is 9.62 Å². The Morgan fingerprint density at radius 2 is 1.64 bits per heavy atom. The third kappa shape index (κ3) is 7.44. The Bertz CT molecular complexity index is 1150. The number of sulfonamides is 2. The van der Waals surface area contributed by atoms with Gasteiger partial charge in [0.15, 0.2) is 0 Å². The summed E-state index contributed by atoms with van der Waals surface area (Å²) in [7, 11) is -4.60. The molecule has 0 saturated heterocycles. The van der Waals surface area contributed by atoms with Gasteiger partial charge in [0.05, 0.1) is 23.4 Å². The van der Waals surface area contributed by atoms with E-state index in [1.807, 2.05) is 31.2 Å². The van der Waals surface area contributed by atoms with Crippen molar-refractivity contribution in [2.45, 2.75) is 24.7 Å².